The smallest absolute Gasteiger partial charge is 0.410 e. The summed E-state index contributed by atoms with van der Waals surface area (Å²) in [6.07, 6.45) is 4.33. The van der Waals surface area contributed by atoms with Gasteiger partial charge >= 0.3 is 12.1 Å². The summed E-state index contributed by atoms with van der Waals surface area (Å²) < 4.78 is 26.4. The predicted molar refractivity (Wildman–Crippen MR) is 158 cm³/mol. The molecule has 3 heterocycles. The van der Waals surface area contributed by atoms with Gasteiger partial charge in [0, 0.05) is 50.7 Å². The zero-order valence-corrected chi connectivity index (χ0v) is 25.1. The van der Waals surface area contributed by atoms with E-state index in [1.54, 1.807) is 11.0 Å². The van der Waals surface area contributed by atoms with Gasteiger partial charge in [-0.2, -0.15) is 0 Å². The summed E-state index contributed by atoms with van der Waals surface area (Å²) in [6.45, 7) is 9.30. The standard InChI is InChI=1S/C32H44FN3O6/c1-21-5-7-27(37)19-30(39)42-31(22(2)6-8-29(21)41-32(40)35-13-11-34(4)12-14-35)23(3)15-24-16-25(33)18-26(17-24)36-10-9-28(38)20-36/h6,8,15-18,21-22,27,29,31,37H,5,7,9-14,19-20H2,1-4H3/b8-6+,23-15+/t21-,22-,27+,29?,31-/m0/s1. The summed E-state index contributed by atoms with van der Waals surface area (Å²) in [7, 11) is 2.02. The van der Waals surface area contributed by atoms with E-state index < -0.39 is 30.1 Å². The van der Waals surface area contributed by atoms with Crippen molar-refractivity contribution in [2.45, 2.75) is 64.8 Å². The van der Waals surface area contributed by atoms with Crippen LogP contribution in [0.25, 0.3) is 6.08 Å². The first-order valence-corrected chi connectivity index (χ1v) is 14.9. The van der Waals surface area contributed by atoms with Crippen LogP contribution in [0.5, 0.6) is 0 Å². The second kappa shape index (κ2) is 14.3. The van der Waals surface area contributed by atoms with E-state index in [1.807, 2.05) is 50.9 Å². The van der Waals surface area contributed by atoms with E-state index in [-0.39, 0.29) is 36.7 Å². The lowest BCUT2D eigenvalue weighted by molar-refractivity contribution is -0.151. The van der Waals surface area contributed by atoms with Gasteiger partial charge in [-0.15, -0.1) is 0 Å². The number of halogens is 1. The Balaban J connectivity index is 1.56. The number of carbonyl (C=O) groups excluding carboxylic acids is 3. The molecule has 10 heteroatoms. The summed E-state index contributed by atoms with van der Waals surface area (Å²) in [5, 5.41) is 10.6. The van der Waals surface area contributed by atoms with Crippen LogP contribution in [0.3, 0.4) is 0 Å². The molecule has 1 N–H and O–H groups in total. The van der Waals surface area contributed by atoms with Gasteiger partial charge in [0.05, 0.1) is 19.1 Å². The molecular formula is C32H44FN3O6. The Morgan fingerprint density at radius 1 is 1.07 bits per heavy atom. The highest BCUT2D eigenvalue weighted by Crippen LogP contribution is 2.28. The molecule has 0 bridgehead atoms. The molecular weight excluding hydrogens is 541 g/mol. The molecule has 0 aliphatic carbocycles. The van der Waals surface area contributed by atoms with E-state index in [2.05, 4.69) is 4.90 Å². The van der Waals surface area contributed by atoms with Crippen molar-refractivity contribution in [1.82, 2.24) is 9.80 Å². The van der Waals surface area contributed by atoms with Crippen LogP contribution in [0.1, 0.15) is 52.0 Å². The minimum atomic E-state index is -0.883. The third kappa shape index (κ3) is 8.64. The van der Waals surface area contributed by atoms with Crippen molar-refractivity contribution in [2.24, 2.45) is 11.8 Å². The minimum absolute atomic E-state index is 0.0757. The fourth-order valence-corrected chi connectivity index (χ4v) is 5.69. The number of esters is 1. The number of piperazine rings is 1. The van der Waals surface area contributed by atoms with Crippen LogP contribution >= 0.6 is 0 Å². The van der Waals surface area contributed by atoms with Crippen LogP contribution in [0.2, 0.25) is 0 Å². The van der Waals surface area contributed by atoms with Crippen LogP contribution in [0.15, 0.2) is 35.9 Å². The molecule has 3 aliphatic rings. The Hall–Kier alpha value is -3.24. The zero-order chi connectivity index (χ0) is 30.4. The number of hydrogen-bond acceptors (Lipinski definition) is 8. The number of carbonyl (C=O) groups is 3. The highest BCUT2D eigenvalue weighted by molar-refractivity contribution is 5.87. The molecule has 1 amide bonds. The first-order chi connectivity index (χ1) is 20.0. The van der Waals surface area contributed by atoms with Gasteiger partial charge in [0.1, 0.15) is 18.0 Å². The van der Waals surface area contributed by atoms with Crippen LogP contribution in [0, 0.1) is 17.7 Å². The van der Waals surface area contributed by atoms with Crippen molar-refractivity contribution in [2.75, 3.05) is 51.2 Å². The number of anilines is 1. The fourth-order valence-electron chi connectivity index (χ4n) is 5.69. The number of benzene rings is 1. The Bertz CT molecular complexity index is 1190. The highest BCUT2D eigenvalue weighted by atomic mass is 19.1. The molecule has 0 spiro atoms. The van der Waals surface area contributed by atoms with Crippen LogP contribution in [-0.2, 0) is 19.1 Å². The lowest BCUT2D eigenvalue weighted by Crippen LogP contribution is -2.48. The molecule has 4 rings (SSSR count). The molecule has 1 aromatic rings. The number of ketones is 1. The maximum Gasteiger partial charge on any atom is 0.410 e. The third-order valence-corrected chi connectivity index (χ3v) is 8.40. The van der Waals surface area contributed by atoms with Crippen molar-refractivity contribution >= 4 is 29.6 Å². The molecule has 1 unspecified atom stereocenters. The number of nitrogens with zero attached hydrogens (tertiary/aromatic N) is 3. The summed E-state index contributed by atoms with van der Waals surface area (Å²) in [5.41, 5.74) is 1.92. The maximum absolute atomic E-state index is 14.6. The van der Waals surface area contributed by atoms with Gasteiger partial charge in [0.25, 0.3) is 0 Å². The van der Waals surface area contributed by atoms with Gasteiger partial charge in [-0.1, -0.05) is 26.0 Å². The molecule has 1 aromatic carbocycles. The molecule has 42 heavy (non-hydrogen) atoms. The molecule has 0 radical (unpaired) electrons. The largest absolute Gasteiger partial charge is 0.457 e. The Labute approximate surface area is 247 Å². The van der Waals surface area contributed by atoms with E-state index in [0.29, 0.717) is 55.7 Å². The molecule has 230 valence electrons. The second-order valence-electron chi connectivity index (χ2n) is 12.0. The van der Waals surface area contributed by atoms with Crippen molar-refractivity contribution in [3.8, 4) is 0 Å². The summed E-state index contributed by atoms with van der Waals surface area (Å²) in [5.74, 6) is -1.19. The number of cyclic esters (lactones) is 1. The number of Topliss-reactive ketones (excluding diaryl/α,β-unsaturated/α-hetero) is 1. The quantitative estimate of drug-likeness (QED) is 0.418. The fraction of sp³-hybridized carbons (Fsp3) is 0.594. The van der Waals surface area contributed by atoms with Crippen LogP contribution < -0.4 is 4.90 Å². The van der Waals surface area contributed by atoms with Crippen LogP contribution in [0.4, 0.5) is 14.9 Å². The van der Waals surface area contributed by atoms with Crippen molar-refractivity contribution in [3.05, 3.63) is 47.3 Å². The number of aliphatic hydroxyl groups excluding tert-OH is 1. The van der Waals surface area contributed by atoms with Gasteiger partial charge in [0.15, 0.2) is 5.78 Å². The van der Waals surface area contributed by atoms with E-state index in [4.69, 9.17) is 9.47 Å². The Morgan fingerprint density at radius 3 is 2.50 bits per heavy atom. The Morgan fingerprint density at radius 2 is 1.81 bits per heavy atom. The molecule has 5 atom stereocenters. The van der Waals surface area contributed by atoms with E-state index in [9.17, 15) is 23.9 Å². The maximum atomic E-state index is 14.6. The number of rotatable bonds is 4. The van der Waals surface area contributed by atoms with E-state index in [0.717, 1.165) is 13.1 Å². The SMILES string of the molecule is C/C(=C\c1cc(F)cc(N2CCC(=O)C2)c1)[C@H]1OC(=O)C[C@H](O)CC[C@H](C)C(OC(=O)N2CCN(C)CC2)/C=C/[C@@H]1C. The lowest BCUT2D eigenvalue weighted by Gasteiger charge is -2.33. The average molecular weight is 586 g/mol. The summed E-state index contributed by atoms with van der Waals surface area (Å²) in [4.78, 5) is 43.3. The monoisotopic (exact) mass is 585 g/mol. The van der Waals surface area contributed by atoms with Gasteiger partial charge in [-0.05, 0) is 68.1 Å². The number of likely N-dealkylation sites (N-methyl/N-ethyl adjacent to an activating group) is 1. The molecule has 2 fully saturated rings. The zero-order valence-electron chi connectivity index (χ0n) is 25.1. The molecule has 2 saturated heterocycles. The molecule has 0 saturated carbocycles. The number of hydrogen-bond donors (Lipinski definition) is 1. The summed E-state index contributed by atoms with van der Waals surface area (Å²) in [6, 6.07) is 4.64. The molecule has 9 nitrogen and oxygen atoms in total. The van der Waals surface area contributed by atoms with Crippen molar-refractivity contribution in [1.29, 1.82) is 0 Å². The number of ether oxygens (including phenoxy) is 2. The first-order valence-electron chi connectivity index (χ1n) is 14.9. The normalized spacial score (nSPS) is 29.5. The number of aliphatic hydroxyl groups is 1. The number of amides is 1. The topological polar surface area (TPSA) is 99.6 Å². The Kier molecular flexibility index (Phi) is 10.8. The highest BCUT2D eigenvalue weighted by Gasteiger charge is 2.29. The second-order valence-corrected chi connectivity index (χ2v) is 12.0. The van der Waals surface area contributed by atoms with Crippen LogP contribution in [-0.4, -0.2) is 97.4 Å². The van der Waals surface area contributed by atoms with Crippen molar-refractivity contribution < 1.29 is 33.4 Å². The van der Waals surface area contributed by atoms with Gasteiger partial charge in [-0.3, -0.25) is 9.59 Å². The average Bonchev–Trinajstić information content (AvgIpc) is 3.38. The lowest BCUT2D eigenvalue weighted by atomic mass is 9.91. The van der Waals surface area contributed by atoms with Gasteiger partial charge in [0.2, 0.25) is 0 Å². The van der Waals surface area contributed by atoms with Gasteiger partial charge < -0.3 is 29.3 Å². The molecule has 3 aliphatic heterocycles. The summed E-state index contributed by atoms with van der Waals surface area (Å²) >= 11 is 0. The first kappa shape index (κ1) is 31.7. The molecule has 0 aromatic heterocycles. The minimum Gasteiger partial charge on any atom is -0.457 e. The van der Waals surface area contributed by atoms with E-state index in [1.165, 1.54) is 12.1 Å². The van der Waals surface area contributed by atoms with Crippen molar-refractivity contribution in [3.63, 3.8) is 0 Å². The predicted octanol–water partition coefficient (Wildman–Crippen LogP) is 4.05. The third-order valence-electron chi connectivity index (χ3n) is 8.40. The van der Waals surface area contributed by atoms with E-state index >= 15 is 0 Å². The van der Waals surface area contributed by atoms with Gasteiger partial charge in [-0.25, -0.2) is 9.18 Å².